The van der Waals surface area contributed by atoms with Gasteiger partial charge in [-0.25, -0.2) is 4.99 Å². The molecule has 8 nitrogen and oxygen atoms in total. The Morgan fingerprint density at radius 3 is 2.68 bits per heavy atom. The number of rotatable bonds is 4. The van der Waals surface area contributed by atoms with Gasteiger partial charge in [0.1, 0.15) is 5.75 Å². The van der Waals surface area contributed by atoms with Crippen LogP contribution in [0.5, 0.6) is 11.5 Å². The standard InChI is InChI=1S/C28H21N3O5S/c1-36-19-10-7-18(8-11-19)26-21-12-9-17-4-2-3-5-20(17)25(21)29-28-30(26)27(33)24(37-28)15-16-6-13-23(32)22(14-16)31(34)35/h2-8,10-11,13-15,26,32H,9,12H2,1H3/b24-15+/t26-/m0/s1. The first-order valence-electron chi connectivity index (χ1n) is 11.7. The minimum absolute atomic E-state index is 0.217. The van der Waals surface area contributed by atoms with E-state index < -0.39 is 16.4 Å². The number of nitro groups is 1. The second-order valence-corrected chi connectivity index (χ2v) is 9.90. The summed E-state index contributed by atoms with van der Waals surface area (Å²) < 4.78 is 7.47. The average Bonchev–Trinajstić information content (AvgIpc) is 3.22. The predicted octanol–water partition coefficient (Wildman–Crippen LogP) is 3.94. The quantitative estimate of drug-likeness (QED) is 0.330. The number of aromatic nitrogens is 1. The Kier molecular flexibility index (Phi) is 5.49. The van der Waals surface area contributed by atoms with Crippen molar-refractivity contribution in [3.05, 3.63) is 124 Å². The van der Waals surface area contributed by atoms with Crippen LogP contribution >= 0.6 is 11.3 Å². The molecule has 0 spiro atoms. The van der Waals surface area contributed by atoms with Crippen LogP contribution in [-0.4, -0.2) is 21.7 Å². The predicted molar refractivity (Wildman–Crippen MR) is 141 cm³/mol. The number of hydrogen-bond acceptors (Lipinski definition) is 7. The molecule has 0 unspecified atom stereocenters. The van der Waals surface area contributed by atoms with E-state index in [4.69, 9.17) is 9.73 Å². The first-order valence-corrected chi connectivity index (χ1v) is 12.5. The first-order chi connectivity index (χ1) is 17.9. The molecule has 0 radical (unpaired) electrons. The third-order valence-electron chi connectivity index (χ3n) is 6.80. The summed E-state index contributed by atoms with van der Waals surface area (Å²) in [5.41, 5.74) is 5.07. The summed E-state index contributed by atoms with van der Waals surface area (Å²) in [6, 6.07) is 19.7. The number of thiazole rings is 1. The van der Waals surface area contributed by atoms with Crippen molar-refractivity contribution in [3.63, 3.8) is 0 Å². The smallest absolute Gasteiger partial charge is 0.311 e. The molecular weight excluding hydrogens is 490 g/mol. The number of allylic oxidation sites excluding steroid dienone is 1. The normalized spacial score (nSPS) is 16.5. The third-order valence-corrected chi connectivity index (χ3v) is 7.78. The number of aryl methyl sites for hydroxylation is 1. The minimum Gasteiger partial charge on any atom is -0.502 e. The molecule has 0 saturated heterocycles. The van der Waals surface area contributed by atoms with Gasteiger partial charge in [-0.1, -0.05) is 53.8 Å². The second kappa shape index (κ2) is 8.86. The summed E-state index contributed by atoms with van der Waals surface area (Å²) in [5, 5.41) is 21.1. The Hall–Kier alpha value is -4.50. The van der Waals surface area contributed by atoms with E-state index in [0.29, 0.717) is 14.9 Å². The molecule has 6 rings (SSSR count). The van der Waals surface area contributed by atoms with Crippen LogP contribution in [0.15, 0.2) is 82.1 Å². The van der Waals surface area contributed by atoms with Crippen LogP contribution in [0.25, 0.3) is 11.8 Å². The zero-order chi connectivity index (χ0) is 25.7. The number of phenolic OH excluding ortho intramolecular Hbond substituents is 1. The number of nitro benzene ring substituents is 1. The number of nitrogens with zero attached hydrogens (tertiary/aromatic N) is 3. The molecule has 2 aliphatic rings. The third kappa shape index (κ3) is 3.84. The molecule has 4 aromatic rings. The Morgan fingerprint density at radius 1 is 1.14 bits per heavy atom. The summed E-state index contributed by atoms with van der Waals surface area (Å²) in [5.74, 6) is 0.308. The molecule has 1 aromatic heterocycles. The number of phenols is 1. The van der Waals surface area contributed by atoms with Crippen molar-refractivity contribution in [2.24, 2.45) is 4.99 Å². The lowest BCUT2D eigenvalue weighted by molar-refractivity contribution is -0.385. The van der Waals surface area contributed by atoms with Crippen molar-refractivity contribution >= 4 is 28.8 Å². The van der Waals surface area contributed by atoms with Gasteiger partial charge in [0.05, 0.1) is 28.3 Å². The van der Waals surface area contributed by atoms with E-state index in [-0.39, 0.29) is 11.6 Å². The fraction of sp³-hybridized carbons (Fsp3) is 0.143. The van der Waals surface area contributed by atoms with Crippen LogP contribution in [0.1, 0.15) is 34.7 Å². The highest BCUT2D eigenvalue weighted by molar-refractivity contribution is 7.07. The number of hydrogen-bond donors (Lipinski definition) is 1. The van der Waals surface area contributed by atoms with E-state index >= 15 is 0 Å². The van der Waals surface area contributed by atoms with Crippen LogP contribution in [0, 0.1) is 10.1 Å². The van der Waals surface area contributed by atoms with Gasteiger partial charge in [0.25, 0.3) is 5.56 Å². The van der Waals surface area contributed by atoms with Gasteiger partial charge < -0.3 is 9.84 Å². The van der Waals surface area contributed by atoms with Gasteiger partial charge >= 0.3 is 5.69 Å². The highest BCUT2D eigenvalue weighted by Gasteiger charge is 2.32. The van der Waals surface area contributed by atoms with Crippen LogP contribution in [0.4, 0.5) is 5.69 Å². The van der Waals surface area contributed by atoms with Crippen LogP contribution < -0.4 is 19.6 Å². The number of methoxy groups -OCH3 is 1. The Balaban J connectivity index is 1.59. The van der Waals surface area contributed by atoms with Crippen LogP contribution in [0.2, 0.25) is 0 Å². The van der Waals surface area contributed by atoms with Gasteiger partial charge in [-0.2, -0.15) is 0 Å². The zero-order valence-corrected chi connectivity index (χ0v) is 20.6. The lowest BCUT2D eigenvalue weighted by Gasteiger charge is -2.30. The summed E-state index contributed by atoms with van der Waals surface area (Å²) in [6.45, 7) is 0. The molecular formula is C28H21N3O5S. The van der Waals surface area contributed by atoms with Crippen molar-refractivity contribution in [3.8, 4) is 11.5 Å². The van der Waals surface area contributed by atoms with Crippen molar-refractivity contribution in [2.75, 3.05) is 7.11 Å². The molecule has 0 fully saturated rings. The molecule has 2 heterocycles. The topological polar surface area (TPSA) is 107 Å². The largest absolute Gasteiger partial charge is 0.502 e. The van der Waals surface area contributed by atoms with Gasteiger partial charge in [0.15, 0.2) is 10.6 Å². The van der Waals surface area contributed by atoms with Crippen LogP contribution in [0.3, 0.4) is 0 Å². The second-order valence-electron chi connectivity index (χ2n) is 8.89. The van der Waals surface area contributed by atoms with E-state index in [1.54, 1.807) is 23.8 Å². The van der Waals surface area contributed by atoms with Gasteiger partial charge in [0.2, 0.25) is 0 Å². The number of benzene rings is 3. The van der Waals surface area contributed by atoms with Crippen LogP contribution in [-0.2, 0) is 6.42 Å². The molecule has 1 N–H and O–H groups in total. The summed E-state index contributed by atoms with van der Waals surface area (Å²) in [4.78, 5) is 30.0. The molecule has 1 atom stereocenters. The first kappa shape index (κ1) is 22.9. The maximum Gasteiger partial charge on any atom is 0.311 e. The van der Waals surface area contributed by atoms with Crippen molar-refractivity contribution in [1.82, 2.24) is 4.57 Å². The molecule has 3 aromatic carbocycles. The molecule has 37 heavy (non-hydrogen) atoms. The number of aromatic hydroxyl groups is 1. The number of ether oxygens (including phenoxy) is 1. The van der Waals surface area contributed by atoms with E-state index in [0.717, 1.165) is 41.0 Å². The summed E-state index contributed by atoms with van der Waals surface area (Å²) >= 11 is 1.25. The molecule has 1 aliphatic carbocycles. The van der Waals surface area contributed by atoms with E-state index in [1.165, 1.54) is 29.0 Å². The van der Waals surface area contributed by atoms with Crippen molar-refractivity contribution in [1.29, 1.82) is 0 Å². The van der Waals surface area contributed by atoms with Crippen molar-refractivity contribution < 1.29 is 14.8 Å². The van der Waals surface area contributed by atoms with E-state index in [1.807, 2.05) is 36.4 Å². The van der Waals surface area contributed by atoms with Gasteiger partial charge in [0, 0.05) is 11.6 Å². The Morgan fingerprint density at radius 2 is 1.92 bits per heavy atom. The molecule has 184 valence electrons. The fourth-order valence-corrected chi connectivity index (χ4v) is 6.04. The summed E-state index contributed by atoms with van der Waals surface area (Å²) in [6.07, 6.45) is 3.25. The molecule has 0 saturated carbocycles. The molecule has 1 aliphatic heterocycles. The molecule has 0 amide bonds. The monoisotopic (exact) mass is 511 g/mol. The molecule has 0 bridgehead atoms. The zero-order valence-electron chi connectivity index (χ0n) is 19.7. The fourth-order valence-electron chi connectivity index (χ4n) is 5.04. The van der Waals surface area contributed by atoms with Gasteiger partial charge in [-0.3, -0.25) is 19.5 Å². The Bertz CT molecular complexity index is 1780. The van der Waals surface area contributed by atoms with Gasteiger partial charge in [-0.05, 0) is 59.4 Å². The average molecular weight is 512 g/mol. The number of fused-ring (bicyclic) bond motifs is 3. The maximum absolute atomic E-state index is 13.8. The lowest BCUT2D eigenvalue weighted by atomic mass is 9.83. The van der Waals surface area contributed by atoms with E-state index in [2.05, 4.69) is 12.1 Å². The lowest BCUT2D eigenvalue weighted by Crippen LogP contribution is -2.38. The SMILES string of the molecule is COc1ccc([C@H]2C3=C(N=c4s/c(=C/c5ccc(O)c([N+](=O)[O-])c5)c(=O)n42)c2ccccc2CC3)cc1. The minimum atomic E-state index is -0.649. The van der Waals surface area contributed by atoms with E-state index in [9.17, 15) is 20.0 Å². The molecule has 9 heteroatoms. The maximum atomic E-state index is 13.8. The summed E-state index contributed by atoms with van der Waals surface area (Å²) in [7, 11) is 1.62. The van der Waals surface area contributed by atoms with Gasteiger partial charge in [-0.15, -0.1) is 0 Å². The highest BCUT2D eigenvalue weighted by atomic mass is 32.1. The Labute approximate surface area is 214 Å². The highest BCUT2D eigenvalue weighted by Crippen LogP contribution is 2.41. The van der Waals surface area contributed by atoms with Crippen molar-refractivity contribution in [2.45, 2.75) is 18.9 Å².